The van der Waals surface area contributed by atoms with E-state index in [-0.39, 0.29) is 12.2 Å². The number of rotatable bonds is 4. The Kier molecular flexibility index (Phi) is 3.85. The molecular weight excluding hydrogens is 249 g/mol. The molecule has 0 saturated heterocycles. The lowest BCUT2D eigenvalue weighted by molar-refractivity contribution is 0.194. The summed E-state index contributed by atoms with van der Waals surface area (Å²) in [6.07, 6.45) is -0.836. The standard InChI is InChI=1S/C14H16FNO3/c1-8-13(10(3)19-16-8)7-18-11-4-5-12(9(2)17)14(15)6-11/h4-6,9,17H,7H2,1-3H3/t9-/m1/s1. The molecule has 0 radical (unpaired) electrons. The molecule has 0 fully saturated rings. The summed E-state index contributed by atoms with van der Waals surface area (Å²) in [5.74, 6) is 0.617. The molecule has 102 valence electrons. The third kappa shape index (κ3) is 2.93. The molecule has 0 amide bonds. The fourth-order valence-electron chi connectivity index (χ4n) is 1.80. The lowest BCUT2D eigenvalue weighted by Gasteiger charge is -2.09. The van der Waals surface area contributed by atoms with Gasteiger partial charge in [0.15, 0.2) is 0 Å². The SMILES string of the molecule is Cc1noc(C)c1COc1ccc([C@@H](C)O)c(F)c1. The second kappa shape index (κ2) is 5.40. The molecule has 0 aliphatic rings. The predicted octanol–water partition coefficient (Wildman–Crippen LogP) is 3.06. The van der Waals surface area contributed by atoms with Crippen LogP contribution in [0.5, 0.6) is 5.75 Å². The second-order valence-electron chi connectivity index (χ2n) is 4.45. The molecule has 0 saturated carbocycles. The highest BCUT2D eigenvalue weighted by atomic mass is 19.1. The zero-order chi connectivity index (χ0) is 14.0. The average Bonchev–Trinajstić information content (AvgIpc) is 2.66. The number of ether oxygens (including phenoxy) is 1. The van der Waals surface area contributed by atoms with Crippen molar-refractivity contribution in [1.82, 2.24) is 5.16 Å². The maximum absolute atomic E-state index is 13.7. The molecule has 2 aromatic rings. The van der Waals surface area contributed by atoms with Crippen molar-refractivity contribution in [2.45, 2.75) is 33.5 Å². The van der Waals surface area contributed by atoms with E-state index in [0.717, 1.165) is 11.3 Å². The molecular formula is C14H16FNO3. The number of aryl methyl sites for hydroxylation is 2. The highest BCUT2D eigenvalue weighted by Gasteiger charge is 2.12. The number of hydrogen-bond donors (Lipinski definition) is 1. The van der Waals surface area contributed by atoms with Gasteiger partial charge in [-0.3, -0.25) is 0 Å². The van der Waals surface area contributed by atoms with Crippen LogP contribution in [-0.2, 0) is 6.61 Å². The molecule has 1 aromatic heterocycles. The van der Waals surface area contributed by atoms with Crippen molar-refractivity contribution in [3.8, 4) is 5.75 Å². The molecule has 0 bridgehead atoms. The van der Waals surface area contributed by atoms with E-state index in [1.807, 2.05) is 6.92 Å². The zero-order valence-corrected chi connectivity index (χ0v) is 11.1. The van der Waals surface area contributed by atoms with Crippen LogP contribution in [0.3, 0.4) is 0 Å². The first kappa shape index (κ1) is 13.5. The molecule has 5 heteroatoms. The van der Waals surface area contributed by atoms with Gasteiger partial charge in [-0.2, -0.15) is 0 Å². The van der Waals surface area contributed by atoms with Crippen LogP contribution in [0.2, 0.25) is 0 Å². The first-order valence-corrected chi connectivity index (χ1v) is 6.01. The number of halogens is 1. The Bertz CT molecular complexity index is 559. The molecule has 19 heavy (non-hydrogen) atoms. The Hall–Kier alpha value is -1.88. The van der Waals surface area contributed by atoms with E-state index >= 15 is 0 Å². The van der Waals surface area contributed by atoms with Crippen LogP contribution in [0, 0.1) is 19.7 Å². The molecule has 1 heterocycles. The van der Waals surface area contributed by atoms with E-state index in [9.17, 15) is 9.50 Å². The number of benzene rings is 1. The molecule has 0 aliphatic heterocycles. The van der Waals surface area contributed by atoms with Gasteiger partial charge >= 0.3 is 0 Å². The maximum Gasteiger partial charge on any atom is 0.140 e. The van der Waals surface area contributed by atoms with Crippen molar-refractivity contribution in [1.29, 1.82) is 0 Å². The largest absolute Gasteiger partial charge is 0.489 e. The lowest BCUT2D eigenvalue weighted by atomic mass is 10.1. The van der Waals surface area contributed by atoms with Crippen molar-refractivity contribution >= 4 is 0 Å². The van der Waals surface area contributed by atoms with Crippen molar-refractivity contribution in [3.63, 3.8) is 0 Å². The normalized spacial score (nSPS) is 12.5. The number of nitrogens with zero attached hydrogens (tertiary/aromatic N) is 1. The summed E-state index contributed by atoms with van der Waals surface area (Å²) in [4.78, 5) is 0. The molecule has 2 rings (SSSR count). The third-order valence-corrected chi connectivity index (χ3v) is 2.99. The van der Waals surface area contributed by atoms with Crippen molar-refractivity contribution in [3.05, 3.63) is 46.6 Å². The third-order valence-electron chi connectivity index (χ3n) is 2.99. The first-order chi connectivity index (χ1) is 8.99. The van der Waals surface area contributed by atoms with Gasteiger partial charge in [-0.05, 0) is 32.9 Å². The highest BCUT2D eigenvalue weighted by Crippen LogP contribution is 2.23. The Morgan fingerprint density at radius 3 is 2.68 bits per heavy atom. The topological polar surface area (TPSA) is 55.5 Å². The fraction of sp³-hybridized carbons (Fsp3) is 0.357. The van der Waals surface area contributed by atoms with Crippen molar-refractivity contribution < 1.29 is 18.8 Å². The van der Waals surface area contributed by atoms with Gasteiger partial charge in [-0.1, -0.05) is 5.16 Å². The highest BCUT2D eigenvalue weighted by molar-refractivity contribution is 5.30. The molecule has 4 nitrogen and oxygen atoms in total. The summed E-state index contributed by atoms with van der Waals surface area (Å²) in [7, 11) is 0. The predicted molar refractivity (Wildman–Crippen MR) is 67.3 cm³/mol. The van der Waals surface area contributed by atoms with Gasteiger partial charge in [0.05, 0.1) is 17.4 Å². The van der Waals surface area contributed by atoms with E-state index in [1.165, 1.54) is 19.1 Å². The van der Waals surface area contributed by atoms with Crippen LogP contribution < -0.4 is 4.74 Å². The zero-order valence-electron chi connectivity index (χ0n) is 11.1. The minimum atomic E-state index is -0.836. The Morgan fingerprint density at radius 1 is 1.42 bits per heavy atom. The monoisotopic (exact) mass is 265 g/mol. The van der Waals surface area contributed by atoms with Crippen LogP contribution in [0.25, 0.3) is 0 Å². The second-order valence-corrected chi connectivity index (χ2v) is 4.45. The van der Waals surface area contributed by atoms with Gasteiger partial charge < -0.3 is 14.4 Å². The molecule has 1 N–H and O–H groups in total. The Balaban J connectivity index is 2.10. The molecule has 0 aliphatic carbocycles. The van der Waals surface area contributed by atoms with Crippen LogP contribution in [0.4, 0.5) is 4.39 Å². The quantitative estimate of drug-likeness (QED) is 0.923. The van der Waals surface area contributed by atoms with Gasteiger partial charge in [0.25, 0.3) is 0 Å². The molecule has 1 aromatic carbocycles. The Morgan fingerprint density at radius 2 is 2.16 bits per heavy atom. The van der Waals surface area contributed by atoms with E-state index in [1.54, 1.807) is 13.0 Å². The smallest absolute Gasteiger partial charge is 0.140 e. The summed E-state index contributed by atoms with van der Waals surface area (Å²) in [5.41, 5.74) is 1.88. The summed E-state index contributed by atoms with van der Waals surface area (Å²) >= 11 is 0. The minimum absolute atomic E-state index is 0.254. The fourth-order valence-corrected chi connectivity index (χ4v) is 1.80. The van der Waals surface area contributed by atoms with Crippen LogP contribution in [0.15, 0.2) is 22.7 Å². The first-order valence-electron chi connectivity index (χ1n) is 6.01. The van der Waals surface area contributed by atoms with Gasteiger partial charge in [0.1, 0.15) is 23.9 Å². The lowest BCUT2D eigenvalue weighted by Crippen LogP contribution is -2.00. The van der Waals surface area contributed by atoms with E-state index in [4.69, 9.17) is 9.26 Å². The Labute approximate surface area is 110 Å². The number of aliphatic hydroxyl groups excluding tert-OH is 1. The van der Waals surface area contributed by atoms with Gasteiger partial charge in [-0.25, -0.2) is 4.39 Å². The van der Waals surface area contributed by atoms with E-state index in [0.29, 0.717) is 11.5 Å². The van der Waals surface area contributed by atoms with E-state index in [2.05, 4.69) is 5.16 Å². The molecule has 1 atom stereocenters. The summed E-state index contributed by atoms with van der Waals surface area (Å²) in [6.45, 7) is 5.42. The number of aromatic nitrogens is 1. The summed E-state index contributed by atoms with van der Waals surface area (Å²) in [5, 5.41) is 13.2. The number of aliphatic hydroxyl groups is 1. The van der Waals surface area contributed by atoms with Gasteiger partial charge in [0, 0.05) is 11.6 Å². The van der Waals surface area contributed by atoms with Crippen LogP contribution in [0.1, 0.15) is 35.6 Å². The molecule has 0 spiro atoms. The van der Waals surface area contributed by atoms with Gasteiger partial charge in [0.2, 0.25) is 0 Å². The summed E-state index contributed by atoms with van der Waals surface area (Å²) < 4.78 is 24.2. The van der Waals surface area contributed by atoms with E-state index < -0.39 is 11.9 Å². The van der Waals surface area contributed by atoms with Crippen molar-refractivity contribution in [2.75, 3.05) is 0 Å². The van der Waals surface area contributed by atoms with Crippen LogP contribution >= 0.6 is 0 Å². The minimum Gasteiger partial charge on any atom is -0.489 e. The van der Waals surface area contributed by atoms with Crippen molar-refractivity contribution in [2.24, 2.45) is 0 Å². The average molecular weight is 265 g/mol. The number of hydrogen-bond acceptors (Lipinski definition) is 4. The summed E-state index contributed by atoms with van der Waals surface area (Å²) in [6, 6.07) is 4.41. The maximum atomic E-state index is 13.7. The van der Waals surface area contributed by atoms with Gasteiger partial charge in [-0.15, -0.1) is 0 Å². The van der Waals surface area contributed by atoms with Crippen LogP contribution in [-0.4, -0.2) is 10.3 Å². The molecule has 0 unspecified atom stereocenters.